The molecule has 0 atom stereocenters. The van der Waals surface area contributed by atoms with Crippen molar-refractivity contribution < 1.29 is 4.52 Å². The van der Waals surface area contributed by atoms with E-state index in [1.54, 1.807) is 17.9 Å². The van der Waals surface area contributed by atoms with Crippen LogP contribution in [0, 0.1) is 0 Å². The van der Waals surface area contributed by atoms with Crippen molar-refractivity contribution in [1.82, 2.24) is 25.3 Å². The second kappa shape index (κ2) is 3.42. The molecule has 3 heterocycles. The first-order valence-corrected chi connectivity index (χ1v) is 5.24. The first-order chi connectivity index (χ1) is 7.84. The topological polar surface area (TPSA) is 107 Å². The highest BCUT2D eigenvalue weighted by atomic mass is 32.1. The number of nitrogens with two attached hydrogens (primary N) is 1. The van der Waals surface area contributed by atoms with Gasteiger partial charge in [0.15, 0.2) is 0 Å². The number of nitrogens with one attached hydrogen (secondary N) is 1. The Labute approximate surface area is 93.3 Å². The van der Waals surface area contributed by atoms with Gasteiger partial charge in [0.2, 0.25) is 5.82 Å². The second-order valence-electron chi connectivity index (χ2n) is 2.99. The normalized spacial score (nSPS) is 10.8. The standard InChI is InChI=1S/C8H6N6OS/c9-6-4(1-11-13-6)8-12-7(14-15-8)5-2-10-3-16-5/h1-3H,(H3,9,11,13). The number of hydrogen-bond donors (Lipinski definition) is 2. The van der Waals surface area contributed by atoms with E-state index in [1.165, 1.54) is 11.3 Å². The maximum absolute atomic E-state index is 5.64. The Balaban J connectivity index is 2.03. The van der Waals surface area contributed by atoms with Crippen LogP contribution in [-0.2, 0) is 0 Å². The van der Waals surface area contributed by atoms with E-state index in [1.807, 2.05) is 0 Å². The Bertz CT molecular complexity index is 598. The van der Waals surface area contributed by atoms with Gasteiger partial charge in [-0.1, -0.05) is 5.16 Å². The molecule has 3 aromatic rings. The van der Waals surface area contributed by atoms with Crippen LogP contribution in [0.3, 0.4) is 0 Å². The van der Waals surface area contributed by atoms with Crippen molar-refractivity contribution in [3.63, 3.8) is 0 Å². The molecular weight excluding hydrogens is 228 g/mol. The molecule has 0 aromatic carbocycles. The third kappa shape index (κ3) is 1.36. The molecule has 7 nitrogen and oxygen atoms in total. The summed E-state index contributed by atoms with van der Waals surface area (Å²) >= 11 is 1.44. The van der Waals surface area contributed by atoms with Gasteiger partial charge in [-0.25, -0.2) is 0 Å². The van der Waals surface area contributed by atoms with Crippen molar-refractivity contribution in [3.8, 4) is 22.2 Å². The van der Waals surface area contributed by atoms with Crippen LogP contribution in [0.25, 0.3) is 22.2 Å². The van der Waals surface area contributed by atoms with Crippen molar-refractivity contribution in [2.24, 2.45) is 0 Å². The molecule has 0 aliphatic heterocycles. The smallest absolute Gasteiger partial charge is 0.263 e. The number of rotatable bonds is 2. The molecule has 0 saturated carbocycles. The molecule has 80 valence electrons. The zero-order valence-electron chi connectivity index (χ0n) is 7.91. The van der Waals surface area contributed by atoms with Crippen molar-refractivity contribution in [2.45, 2.75) is 0 Å². The molecule has 16 heavy (non-hydrogen) atoms. The quantitative estimate of drug-likeness (QED) is 0.689. The second-order valence-corrected chi connectivity index (χ2v) is 3.87. The lowest BCUT2D eigenvalue weighted by Gasteiger charge is -1.87. The summed E-state index contributed by atoms with van der Waals surface area (Å²) in [6, 6.07) is 0. The number of anilines is 1. The SMILES string of the molecule is Nc1[nH]ncc1-c1nc(-c2cncs2)no1. The number of nitrogens with zero attached hydrogens (tertiary/aromatic N) is 4. The minimum absolute atomic E-state index is 0.342. The van der Waals surface area contributed by atoms with Gasteiger partial charge in [-0.15, -0.1) is 11.3 Å². The number of nitrogen functional groups attached to an aromatic ring is 1. The van der Waals surface area contributed by atoms with Crippen LogP contribution in [-0.4, -0.2) is 25.3 Å². The van der Waals surface area contributed by atoms with Gasteiger partial charge >= 0.3 is 0 Å². The predicted molar refractivity (Wildman–Crippen MR) is 57.4 cm³/mol. The molecular formula is C8H6N6OS. The number of H-pyrrole nitrogens is 1. The molecule has 3 aromatic heterocycles. The molecule has 0 aliphatic rings. The third-order valence-corrected chi connectivity index (χ3v) is 2.75. The van der Waals surface area contributed by atoms with Crippen LogP contribution >= 0.6 is 11.3 Å². The fraction of sp³-hybridized carbons (Fsp3) is 0. The van der Waals surface area contributed by atoms with Gasteiger partial charge < -0.3 is 10.3 Å². The van der Waals surface area contributed by atoms with E-state index in [2.05, 4.69) is 25.3 Å². The van der Waals surface area contributed by atoms with E-state index >= 15 is 0 Å². The largest absolute Gasteiger partial charge is 0.383 e. The van der Waals surface area contributed by atoms with Crippen LogP contribution in [0.2, 0.25) is 0 Å². The van der Waals surface area contributed by atoms with Crippen molar-refractivity contribution >= 4 is 17.2 Å². The van der Waals surface area contributed by atoms with Crippen LogP contribution in [0.15, 0.2) is 22.4 Å². The number of aromatic nitrogens is 5. The van der Waals surface area contributed by atoms with Gasteiger partial charge in [-0.05, 0) is 0 Å². The number of thiazole rings is 1. The Kier molecular flexibility index (Phi) is 1.93. The van der Waals surface area contributed by atoms with Crippen LogP contribution in [0.5, 0.6) is 0 Å². The summed E-state index contributed by atoms with van der Waals surface area (Å²) in [5, 5.41) is 10.2. The number of aromatic amines is 1. The van der Waals surface area contributed by atoms with Crippen molar-refractivity contribution in [3.05, 3.63) is 17.9 Å². The van der Waals surface area contributed by atoms with E-state index in [9.17, 15) is 0 Å². The average molecular weight is 234 g/mol. The average Bonchev–Trinajstić information content (AvgIpc) is 2.96. The number of hydrogen-bond acceptors (Lipinski definition) is 7. The minimum atomic E-state index is 0.342. The summed E-state index contributed by atoms with van der Waals surface area (Å²) in [6.45, 7) is 0. The summed E-state index contributed by atoms with van der Waals surface area (Å²) in [5.74, 6) is 1.24. The Morgan fingerprint density at radius 1 is 1.38 bits per heavy atom. The maximum Gasteiger partial charge on any atom is 0.263 e. The Hall–Kier alpha value is -2.22. The highest BCUT2D eigenvalue weighted by molar-refractivity contribution is 7.13. The summed E-state index contributed by atoms with van der Waals surface area (Å²) in [7, 11) is 0. The zero-order chi connectivity index (χ0) is 11.0. The monoisotopic (exact) mass is 234 g/mol. The van der Waals surface area contributed by atoms with Gasteiger partial charge in [-0.2, -0.15) is 10.1 Å². The fourth-order valence-corrected chi connectivity index (χ4v) is 1.77. The predicted octanol–water partition coefficient (Wildman–Crippen LogP) is 1.17. The molecule has 0 bridgehead atoms. The molecule has 0 aliphatic carbocycles. The Morgan fingerprint density at radius 3 is 3.00 bits per heavy atom. The van der Waals surface area contributed by atoms with E-state index in [4.69, 9.17) is 10.3 Å². The first-order valence-electron chi connectivity index (χ1n) is 4.36. The molecule has 0 spiro atoms. The van der Waals surface area contributed by atoms with Crippen molar-refractivity contribution in [1.29, 1.82) is 0 Å². The molecule has 0 fully saturated rings. The summed E-state index contributed by atoms with van der Waals surface area (Å²) in [5.41, 5.74) is 7.95. The van der Waals surface area contributed by atoms with E-state index in [-0.39, 0.29) is 0 Å². The highest BCUT2D eigenvalue weighted by Gasteiger charge is 2.14. The lowest BCUT2D eigenvalue weighted by Crippen LogP contribution is -1.87. The highest BCUT2D eigenvalue weighted by Crippen LogP contribution is 2.26. The Morgan fingerprint density at radius 2 is 2.31 bits per heavy atom. The summed E-state index contributed by atoms with van der Waals surface area (Å²) < 4.78 is 5.09. The van der Waals surface area contributed by atoms with Gasteiger partial charge in [-0.3, -0.25) is 10.1 Å². The van der Waals surface area contributed by atoms with Crippen LogP contribution in [0.4, 0.5) is 5.82 Å². The lowest BCUT2D eigenvalue weighted by molar-refractivity contribution is 0.432. The molecule has 8 heteroatoms. The fourth-order valence-electron chi connectivity index (χ4n) is 1.23. The molecule has 3 N–H and O–H groups in total. The maximum atomic E-state index is 5.64. The third-order valence-electron chi connectivity index (χ3n) is 1.98. The summed E-state index contributed by atoms with van der Waals surface area (Å²) in [6.07, 6.45) is 3.22. The van der Waals surface area contributed by atoms with Gasteiger partial charge in [0.05, 0.1) is 16.6 Å². The minimum Gasteiger partial charge on any atom is -0.383 e. The van der Waals surface area contributed by atoms with Gasteiger partial charge in [0.25, 0.3) is 5.89 Å². The zero-order valence-corrected chi connectivity index (χ0v) is 8.73. The van der Waals surface area contributed by atoms with Gasteiger partial charge in [0, 0.05) is 6.20 Å². The van der Waals surface area contributed by atoms with Crippen molar-refractivity contribution in [2.75, 3.05) is 5.73 Å². The molecule has 0 unspecified atom stereocenters. The first kappa shape index (κ1) is 9.04. The molecule has 0 radical (unpaired) electrons. The van der Waals surface area contributed by atoms with E-state index in [0.29, 0.717) is 23.1 Å². The summed E-state index contributed by atoms with van der Waals surface area (Å²) in [4.78, 5) is 8.99. The van der Waals surface area contributed by atoms with Crippen LogP contribution < -0.4 is 5.73 Å². The molecule has 0 saturated heterocycles. The van der Waals surface area contributed by atoms with Crippen LogP contribution in [0.1, 0.15) is 0 Å². The lowest BCUT2D eigenvalue weighted by atomic mass is 10.3. The molecule has 3 rings (SSSR count). The van der Waals surface area contributed by atoms with Gasteiger partial charge in [0.1, 0.15) is 11.4 Å². The molecule has 0 amide bonds. The van der Waals surface area contributed by atoms with E-state index in [0.717, 1.165) is 4.88 Å². The van der Waals surface area contributed by atoms with E-state index < -0.39 is 0 Å².